The van der Waals surface area contributed by atoms with Crippen LogP contribution in [0.2, 0.25) is 0 Å². The molecule has 1 amide bonds. The number of nitrogens with two attached hydrogens (primary N) is 1. The molecule has 1 aromatic heterocycles. The molecule has 0 unspecified atom stereocenters. The Balaban J connectivity index is 2.06. The van der Waals surface area contributed by atoms with Gasteiger partial charge in [0.15, 0.2) is 0 Å². The van der Waals surface area contributed by atoms with Crippen LogP contribution in [0.5, 0.6) is 0 Å². The Kier molecular flexibility index (Phi) is 4.67. The zero-order valence-electron chi connectivity index (χ0n) is 12.9. The average molecular weight is 313 g/mol. The third-order valence-corrected chi connectivity index (χ3v) is 4.15. The molecule has 5 heteroatoms. The number of halogens is 1. The number of pyridine rings is 1. The minimum absolute atomic E-state index is 0.0883. The lowest BCUT2D eigenvalue weighted by Gasteiger charge is -2.14. The van der Waals surface area contributed by atoms with E-state index in [0.717, 1.165) is 42.5 Å². The van der Waals surface area contributed by atoms with E-state index in [0.29, 0.717) is 12.1 Å². The number of hydrogen-bond acceptors (Lipinski definition) is 3. The van der Waals surface area contributed by atoms with Crippen LogP contribution < -0.4 is 11.1 Å². The van der Waals surface area contributed by atoms with Gasteiger partial charge < -0.3 is 11.1 Å². The topological polar surface area (TPSA) is 68.0 Å². The Labute approximate surface area is 134 Å². The molecule has 1 aliphatic heterocycles. The second-order valence-electron chi connectivity index (χ2n) is 5.91. The number of anilines is 1. The zero-order chi connectivity index (χ0) is 16.2. The van der Waals surface area contributed by atoms with E-state index in [1.807, 2.05) is 12.1 Å². The highest BCUT2D eigenvalue weighted by Crippen LogP contribution is 2.31. The Hall–Kier alpha value is -2.27. The summed E-state index contributed by atoms with van der Waals surface area (Å²) in [6.07, 6.45) is 5.68. The quantitative estimate of drug-likeness (QED) is 0.777. The largest absolute Gasteiger partial charge is 0.325 e. The van der Waals surface area contributed by atoms with Gasteiger partial charge in [-0.2, -0.15) is 0 Å². The summed E-state index contributed by atoms with van der Waals surface area (Å²) >= 11 is 0. The summed E-state index contributed by atoms with van der Waals surface area (Å²) in [4.78, 5) is 16.4. The Bertz CT molecular complexity index is 717. The van der Waals surface area contributed by atoms with Gasteiger partial charge in [0.25, 0.3) is 0 Å². The van der Waals surface area contributed by atoms with Crippen molar-refractivity contribution < 1.29 is 9.18 Å². The van der Waals surface area contributed by atoms with Gasteiger partial charge in [-0.05, 0) is 48.7 Å². The first kappa shape index (κ1) is 15.6. The van der Waals surface area contributed by atoms with Gasteiger partial charge in [0.05, 0.1) is 11.4 Å². The van der Waals surface area contributed by atoms with Crippen molar-refractivity contribution >= 4 is 11.6 Å². The number of nitrogens with one attached hydrogen (secondary N) is 1. The van der Waals surface area contributed by atoms with E-state index in [1.165, 1.54) is 12.1 Å². The van der Waals surface area contributed by atoms with E-state index in [4.69, 9.17) is 5.73 Å². The number of benzene rings is 1. The molecular formula is C18H20FN3O. The van der Waals surface area contributed by atoms with E-state index in [1.54, 1.807) is 12.3 Å². The lowest BCUT2D eigenvalue weighted by Crippen LogP contribution is -2.12. The normalized spacial score (nSPS) is 18.9. The van der Waals surface area contributed by atoms with Crippen molar-refractivity contribution in [1.82, 2.24) is 4.98 Å². The van der Waals surface area contributed by atoms with Gasteiger partial charge in [0.2, 0.25) is 5.91 Å². The first-order valence-electron chi connectivity index (χ1n) is 7.95. The van der Waals surface area contributed by atoms with Crippen molar-refractivity contribution in [3.8, 4) is 11.1 Å². The summed E-state index contributed by atoms with van der Waals surface area (Å²) in [7, 11) is 0. The van der Waals surface area contributed by atoms with Crippen molar-refractivity contribution in [3.05, 3.63) is 48.0 Å². The summed E-state index contributed by atoms with van der Waals surface area (Å²) in [6, 6.07) is 8.07. The summed E-state index contributed by atoms with van der Waals surface area (Å²) in [5.74, 6) is -0.464. The monoisotopic (exact) mass is 313 g/mol. The van der Waals surface area contributed by atoms with Crippen LogP contribution in [0, 0.1) is 5.82 Å². The fourth-order valence-electron chi connectivity index (χ4n) is 2.88. The summed E-state index contributed by atoms with van der Waals surface area (Å²) < 4.78 is 13.6. The maximum Gasteiger partial charge on any atom is 0.224 e. The fourth-order valence-corrected chi connectivity index (χ4v) is 2.88. The predicted octanol–water partition coefficient (Wildman–Crippen LogP) is 3.79. The second-order valence-corrected chi connectivity index (χ2v) is 5.91. The predicted molar refractivity (Wildman–Crippen MR) is 88.3 cm³/mol. The minimum Gasteiger partial charge on any atom is -0.325 e. The summed E-state index contributed by atoms with van der Waals surface area (Å²) in [5.41, 5.74) is 9.18. The van der Waals surface area contributed by atoms with Crippen LogP contribution in [0.1, 0.15) is 43.8 Å². The molecule has 2 aromatic rings. The molecule has 2 heterocycles. The van der Waals surface area contributed by atoms with E-state index in [-0.39, 0.29) is 17.8 Å². The highest BCUT2D eigenvalue weighted by Gasteiger charge is 2.14. The molecule has 2 bridgehead atoms. The molecular weight excluding hydrogens is 293 g/mol. The molecule has 0 radical (unpaired) electrons. The van der Waals surface area contributed by atoms with E-state index in [2.05, 4.69) is 10.3 Å². The molecule has 1 aliphatic rings. The number of aromatic nitrogens is 1. The van der Waals surface area contributed by atoms with Crippen LogP contribution in [0.25, 0.3) is 11.1 Å². The van der Waals surface area contributed by atoms with Gasteiger partial charge in [-0.25, -0.2) is 4.39 Å². The number of carbonyl (C=O) groups excluding carboxylic acids is 1. The molecule has 0 spiro atoms. The number of amides is 1. The number of fused-ring (bicyclic) bond motifs is 4. The van der Waals surface area contributed by atoms with Crippen LogP contribution >= 0.6 is 0 Å². The van der Waals surface area contributed by atoms with E-state index in [9.17, 15) is 9.18 Å². The molecule has 0 saturated heterocycles. The van der Waals surface area contributed by atoms with Crippen molar-refractivity contribution in [2.75, 3.05) is 5.32 Å². The molecule has 0 fully saturated rings. The highest BCUT2D eigenvalue weighted by atomic mass is 19.1. The Morgan fingerprint density at radius 2 is 2.04 bits per heavy atom. The molecule has 3 rings (SSSR count). The number of rotatable bonds is 0. The molecule has 23 heavy (non-hydrogen) atoms. The molecule has 0 aliphatic carbocycles. The average Bonchev–Trinajstić information content (AvgIpc) is 2.54. The van der Waals surface area contributed by atoms with Crippen LogP contribution in [-0.4, -0.2) is 10.9 Å². The molecule has 120 valence electrons. The van der Waals surface area contributed by atoms with E-state index >= 15 is 0 Å². The summed E-state index contributed by atoms with van der Waals surface area (Å²) in [6.45, 7) is 0. The first-order chi connectivity index (χ1) is 11.1. The molecule has 1 aromatic carbocycles. The molecule has 4 nitrogen and oxygen atoms in total. The SMILES string of the molecule is N[C@H]1CCCCCC(=O)Nc2cc(F)ccc2-c2ccnc1c2. The van der Waals surface area contributed by atoms with Crippen molar-refractivity contribution in [3.63, 3.8) is 0 Å². The van der Waals surface area contributed by atoms with Gasteiger partial charge in [0, 0.05) is 24.2 Å². The van der Waals surface area contributed by atoms with Crippen LogP contribution in [0.3, 0.4) is 0 Å². The summed E-state index contributed by atoms with van der Waals surface area (Å²) in [5, 5.41) is 2.83. The third kappa shape index (κ3) is 3.74. The molecule has 3 N–H and O–H groups in total. The first-order valence-corrected chi connectivity index (χ1v) is 7.95. The van der Waals surface area contributed by atoms with Gasteiger partial charge in [-0.3, -0.25) is 9.78 Å². The van der Waals surface area contributed by atoms with Crippen molar-refractivity contribution in [2.45, 2.75) is 38.1 Å². The third-order valence-electron chi connectivity index (χ3n) is 4.15. The van der Waals surface area contributed by atoms with E-state index < -0.39 is 0 Å². The van der Waals surface area contributed by atoms with Crippen LogP contribution in [0.15, 0.2) is 36.5 Å². The lowest BCUT2D eigenvalue weighted by molar-refractivity contribution is -0.116. The minimum atomic E-state index is -0.376. The van der Waals surface area contributed by atoms with Gasteiger partial charge >= 0.3 is 0 Å². The van der Waals surface area contributed by atoms with Gasteiger partial charge in [-0.1, -0.05) is 12.8 Å². The molecule has 1 atom stereocenters. The maximum absolute atomic E-state index is 13.6. The number of hydrogen-bond donors (Lipinski definition) is 2. The maximum atomic E-state index is 13.6. The van der Waals surface area contributed by atoms with Crippen molar-refractivity contribution in [2.24, 2.45) is 5.73 Å². The Morgan fingerprint density at radius 3 is 2.91 bits per heavy atom. The van der Waals surface area contributed by atoms with Crippen LogP contribution in [0.4, 0.5) is 10.1 Å². The second kappa shape index (κ2) is 6.87. The Morgan fingerprint density at radius 1 is 1.17 bits per heavy atom. The standard InChI is InChI=1S/C18H20FN3O/c19-13-6-7-14-12-8-9-21-17(10-12)15(20)4-2-1-3-5-18(23)22-16(14)11-13/h6-11,15H,1-5,20H2,(H,22,23)/t15-/m0/s1. The highest BCUT2D eigenvalue weighted by molar-refractivity contribution is 5.95. The lowest BCUT2D eigenvalue weighted by atomic mass is 10.0. The van der Waals surface area contributed by atoms with Gasteiger partial charge in [0.1, 0.15) is 5.82 Å². The smallest absolute Gasteiger partial charge is 0.224 e. The van der Waals surface area contributed by atoms with Gasteiger partial charge in [-0.15, -0.1) is 0 Å². The van der Waals surface area contributed by atoms with Crippen molar-refractivity contribution in [1.29, 1.82) is 0 Å². The number of carbonyl (C=O) groups is 1. The number of nitrogens with zero attached hydrogens (tertiary/aromatic N) is 1. The molecule has 0 saturated carbocycles. The van der Waals surface area contributed by atoms with Crippen LogP contribution in [-0.2, 0) is 4.79 Å². The fraction of sp³-hybridized carbons (Fsp3) is 0.333. The zero-order valence-corrected chi connectivity index (χ0v) is 12.9.